The number of benzene rings is 2. The van der Waals surface area contributed by atoms with Crippen molar-refractivity contribution < 1.29 is 9.53 Å². The number of nitrogens with one attached hydrogen (secondary N) is 1. The van der Waals surface area contributed by atoms with Crippen LogP contribution >= 0.6 is 11.6 Å². The lowest BCUT2D eigenvalue weighted by atomic mass is 10.1. The minimum atomic E-state index is -0.179. The van der Waals surface area contributed by atoms with Gasteiger partial charge in [0, 0.05) is 11.6 Å². The molecule has 0 bridgehead atoms. The molecule has 4 heteroatoms. The van der Waals surface area contributed by atoms with Gasteiger partial charge in [0.2, 0.25) is 0 Å². The van der Waals surface area contributed by atoms with Crippen molar-refractivity contribution in [3.05, 3.63) is 64.2 Å². The first-order valence-corrected chi connectivity index (χ1v) is 6.66. The maximum atomic E-state index is 12.2. The molecule has 2 rings (SSSR count). The largest absolute Gasteiger partial charge is 0.496 e. The van der Waals surface area contributed by atoms with E-state index in [-0.39, 0.29) is 5.91 Å². The molecule has 0 heterocycles. The lowest BCUT2D eigenvalue weighted by molar-refractivity contribution is 0.0948. The zero-order valence-electron chi connectivity index (χ0n) is 11.4. The van der Waals surface area contributed by atoms with Gasteiger partial charge in [-0.25, -0.2) is 0 Å². The molecule has 0 atom stereocenters. The summed E-state index contributed by atoms with van der Waals surface area (Å²) in [5.74, 6) is 0.392. The van der Waals surface area contributed by atoms with E-state index in [9.17, 15) is 4.79 Å². The fraction of sp³-hybridized carbons (Fsp3) is 0.188. The van der Waals surface area contributed by atoms with E-state index in [4.69, 9.17) is 16.3 Å². The summed E-state index contributed by atoms with van der Waals surface area (Å²) in [6, 6.07) is 12.9. The molecule has 20 heavy (non-hydrogen) atoms. The number of hydrogen-bond acceptors (Lipinski definition) is 2. The molecule has 0 radical (unpaired) electrons. The van der Waals surface area contributed by atoms with Crippen LogP contribution in [0.15, 0.2) is 42.5 Å². The van der Waals surface area contributed by atoms with Crippen LogP contribution in [-0.2, 0) is 6.54 Å². The molecule has 0 spiro atoms. The highest BCUT2D eigenvalue weighted by Gasteiger charge is 2.12. The van der Waals surface area contributed by atoms with Gasteiger partial charge < -0.3 is 10.1 Å². The van der Waals surface area contributed by atoms with Crippen LogP contribution in [0, 0.1) is 6.92 Å². The molecule has 0 saturated carbocycles. The average Bonchev–Trinajstić information content (AvgIpc) is 2.46. The molecule has 1 amide bonds. The van der Waals surface area contributed by atoms with Crippen LogP contribution in [0.2, 0.25) is 5.02 Å². The standard InChI is InChI=1S/C16H16ClNO2/c1-11-7-8-13(15(9-11)20-2)16(19)18-10-12-5-3-4-6-14(12)17/h3-9H,10H2,1-2H3,(H,18,19). The minimum Gasteiger partial charge on any atom is -0.496 e. The number of hydrogen-bond donors (Lipinski definition) is 1. The van der Waals surface area contributed by atoms with Crippen LogP contribution in [-0.4, -0.2) is 13.0 Å². The van der Waals surface area contributed by atoms with Gasteiger partial charge in [-0.05, 0) is 36.2 Å². The Bertz CT molecular complexity index is 626. The normalized spacial score (nSPS) is 10.2. The third-order valence-electron chi connectivity index (χ3n) is 3.00. The van der Waals surface area contributed by atoms with E-state index < -0.39 is 0 Å². The monoisotopic (exact) mass is 289 g/mol. The molecule has 1 N–H and O–H groups in total. The summed E-state index contributed by atoms with van der Waals surface area (Å²) >= 11 is 6.06. The minimum absolute atomic E-state index is 0.179. The van der Waals surface area contributed by atoms with Crippen molar-refractivity contribution in [3.8, 4) is 5.75 Å². The highest BCUT2D eigenvalue weighted by molar-refractivity contribution is 6.31. The molecule has 0 fully saturated rings. The predicted molar refractivity (Wildman–Crippen MR) is 80.4 cm³/mol. The number of aryl methyl sites for hydroxylation is 1. The van der Waals surface area contributed by atoms with Gasteiger partial charge in [-0.1, -0.05) is 35.9 Å². The summed E-state index contributed by atoms with van der Waals surface area (Å²) in [4.78, 5) is 12.2. The van der Waals surface area contributed by atoms with Crippen molar-refractivity contribution in [3.63, 3.8) is 0 Å². The van der Waals surface area contributed by atoms with Crippen LogP contribution in [0.5, 0.6) is 5.75 Å². The molecule has 0 saturated heterocycles. The Morgan fingerprint density at radius 2 is 2.00 bits per heavy atom. The van der Waals surface area contributed by atoms with Gasteiger partial charge in [0.05, 0.1) is 12.7 Å². The van der Waals surface area contributed by atoms with Crippen molar-refractivity contribution in [2.75, 3.05) is 7.11 Å². The Balaban J connectivity index is 2.11. The smallest absolute Gasteiger partial charge is 0.255 e. The number of carbonyl (C=O) groups excluding carboxylic acids is 1. The Morgan fingerprint density at radius 3 is 2.70 bits per heavy atom. The molecule has 2 aromatic carbocycles. The molecule has 2 aromatic rings. The summed E-state index contributed by atoms with van der Waals surface area (Å²) in [6.07, 6.45) is 0. The second kappa shape index (κ2) is 6.44. The topological polar surface area (TPSA) is 38.3 Å². The summed E-state index contributed by atoms with van der Waals surface area (Å²) in [5, 5.41) is 3.49. The number of rotatable bonds is 4. The van der Waals surface area contributed by atoms with E-state index in [0.717, 1.165) is 11.1 Å². The van der Waals surface area contributed by atoms with Crippen molar-refractivity contribution in [2.24, 2.45) is 0 Å². The summed E-state index contributed by atoms with van der Waals surface area (Å²) < 4.78 is 5.24. The van der Waals surface area contributed by atoms with Gasteiger partial charge in [0.25, 0.3) is 5.91 Å². The van der Waals surface area contributed by atoms with Crippen LogP contribution in [0.4, 0.5) is 0 Å². The van der Waals surface area contributed by atoms with E-state index in [0.29, 0.717) is 22.9 Å². The Hall–Kier alpha value is -2.00. The van der Waals surface area contributed by atoms with Gasteiger partial charge >= 0.3 is 0 Å². The van der Waals surface area contributed by atoms with Gasteiger partial charge in [0.15, 0.2) is 0 Å². The second-order valence-corrected chi connectivity index (χ2v) is 4.89. The SMILES string of the molecule is COc1cc(C)ccc1C(=O)NCc1ccccc1Cl. The van der Waals surface area contributed by atoms with E-state index in [1.54, 1.807) is 19.2 Å². The highest BCUT2D eigenvalue weighted by atomic mass is 35.5. The molecular formula is C16H16ClNO2. The molecule has 0 unspecified atom stereocenters. The summed E-state index contributed by atoms with van der Waals surface area (Å²) in [6.45, 7) is 2.34. The zero-order valence-corrected chi connectivity index (χ0v) is 12.2. The third kappa shape index (κ3) is 3.31. The highest BCUT2D eigenvalue weighted by Crippen LogP contribution is 2.20. The van der Waals surface area contributed by atoms with Crippen molar-refractivity contribution in [1.82, 2.24) is 5.32 Å². The molecule has 0 aliphatic heterocycles. The zero-order chi connectivity index (χ0) is 14.5. The van der Waals surface area contributed by atoms with E-state index in [1.807, 2.05) is 37.3 Å². The lowest BCUT2D eigenvalue weighted by Crippen LogP contribution is -2.23. The van der Waals surface area contributed by atoms with Crippen LogP contribution in [0.3, 0.4) is 0 Å². The Labute approximate surface area is 123 Å². The number of amides is 1. The molecule has 104 valence electrons. The van der Waals surface area contributed by atoms with Crippen LogP contribution in [0.1, 0.15) is 21.5 Å². The number of ether oxygens (including phenoxy) is 1. The van der Waals surface area contributed by atoms with Crippen LogP contribution in [0.25, 0.3) is 0 Å². The fourth-order valence-corrected chi connectivity index (χ4v) is 2.10. The quantitative estimate of drug-likeness (QED) is 0.934. The first-order valence-electron chi connectivity index (χ1n) is 6.28. The van der Waals surface area contributed by atoms with Crippen LogP contribution < -0.4 is 10.1 Å². The van der Waals surface area contributed by atoms with E-state index in [2.05, 4.69) is 5.32 Å². The average molecular weight is 290 g/mol. The first-order chi connectivity index (χ1) is 9.61. The molecular weight excluding hydrogens is 274 g/mol. The van der Waals surface area contributed by atoms with Gasteiger partial charge in [-0.2, -0.15) is 0 Å². The maximum absolute atomic E-state index is 12.2. The van der Waals surface area contributed by atoms with Gasteiger partial charge in [-0.15, -0.1) is 0 Å². The van der Waals surface area contributed by atoms with Crippen molar-refractivity contribution >= 4 is 17.5 Å². The predicted octanol–water partition coefficient (Wildman–Crippen LogP) is 3.59. The van der Waals surface area contributed by atoms with E-state index >= 15 is 0 Å². The molecule has 3 nitrogen and oxygen atoms in total. The fourth-order valence-electron chi connectivity index (χ4n) is 1.90. The molecule has 0 aromatic heterocycles. The lowest BCUT2D eigenvalue weighted by Gasteiger charge is -2.10. The first kappa shape index (κ1) is 14.4. The Kier molecular flexibility index (Phi) is 4.64. The second-order valence-electron chi connectivity index (χ2n) is 4.48. The Morgan fingerprint density at radius 1 is 1.25 bits per heavy atom. The molecule has 0 aliphatic carbocycles. The van der Waals surface area contributed by atoms with Gasteiger partial charge in [0.1, 0.15) is 5.75 Å². The van der Waals surface area contributed by atoms with Crippen molar-refractivity contribution in [2.45, 2.75) is 13.5 Å². The maximum Gasteiger partial charge on any atom is 0.255 e. The van der Waals surface area contributed by atoms with E-state index in [1.165, 1.54) is 0 Å². The van der Waals surface area contributed by atoms with Crippen molar-refractivity contribution in [1.29, 1.82) is 0 Å². The summed E-state index contributed by atoms with van der Waals surface area (Å²) in [7, 11) is 1.56. The third-order valence-corrected chi connectivity index (χ3v) is 3.37. The number of carbonyl (C=O) groups is 1. The van der Waals surface area contributed by atoms with Gasteiger partial charge in [-0.3, -0.25) is 4.79 Å². The molecule has 0 aliphatic rings. The number of methoxy groups -OCH3 is 1. The summed E-state index contributed by atoms with van der Waals surface area (Å²) in [5.41, 5.74) is 2.45. The number of halogens is 1.